The maximum Gasteiger partial charge on any atom is 0.309 e. The Bertz CT molecular complexity index is 687. The van der Waals surface area contributed by atoms with Crippen LogP contribution in [0.5, 0.6) is 0 Å². The van der Waals surface area contributed by atoms with Crippen LogP contribution < -0.4 is 5.32 Å². The van der Waals surface area contributed by atoms with Crippen molar-refractivity contribution in [3.05, 3.63) is 0 Å². The number of unbranched alkanes of at least 4 members (excludes halogenated alkanes) is 19. The van der Waals surface area contributed by atoms with Crippen LogP contribution in [0.2, 0.25) is 0 Å². The standard InChI is InChI=1S/C41H81NO5/c1-4-7-10-22-29-38(39(44)47-37-9-6-3)30-23-18-14-12-16-20-26-34-42-35-27-21-17-13-15-19-25-32-41(40(45)46,33-28-36-43)31-24-11-8-5-2/h38,42-43H,4-37H2,1-3H3,(H,45,46). The molecule has 0 aromatic rings. The zero-order chi connectivity index (χ0) is 34.7. The number of carboxylic acid groups (broad SMARTS) is 1. The van der Waals surface area contributed by atoms with Gasteiger partial charge in [-0.05, 0) is 70.9 Å². The highest BCUT2D eigenvalue weighted by atomic mass is 16.5. The van der Waals surface area contributed by atoms with Crippen molar-refractivity contribution in [2.24, 2.45) is 11.3 Å². The minimum Gasteiger partial charge on any atom is -0.481 e. The first kappa shape index (κ1) is 45.9. The quantitative estimate of drug-likeness (QED) is 0.0448. The predicted molar refractivity (Wildman–Crippen MR) is 200 cm³/mol. The number of hydrogen-bond donors (Lipinski definition) is 3. The lowest BCUT2D eigenvalue weighted by Gasteiger charge is -2.29. The lowest BCUT2D eigenvalue weighted by molar-refractivity contribution is -0.151. The average molecular weight is 668 g/mol. The minimum absolute atomic E-state index is 0.0537. The largest absolute Gasteiger partial charge is 0.481 e. The van der Waals surface area contributed by atoms with Gasteiger partial charge in [0.1, 0.15) is 0 Å². The van der Waals surface area contributed by atoms with Gasteiger partial charge in [0.25, 0.3) is 0 Å². The van der Waals surface area contributed by atoms with Gasteiger partial charge < -0.3 is 20.3 Å². The molecular weight excluding hydrogens is 586 g/mol. The van der Waals surface area contributed by atoms with E-state index in [0.717, 1.165) is 96.6 Å². The van der Waals surface area contributed by atoms with Crippen LogP contribution in [0.1, 0.15) is 213 Å². The Kier molecular flexibility index (Phi) is 33.9. The van der Waals surface area contributed by atoms with Gasteiger partial charge >= 0.3 is 11.9 Å². The molecule has 0 aromatic heterocycles. The lowest BCUT2D eigenvalue weighted by Crippen LogP contribution is -2.31. The van der Waals surface area contributed by atoms with Crippen LogP contribution in [0.3, 0.4) is 0 Å². The molecule has 2 atom stereocenters. The third kappa shape index (κ3) is 27.4. The van der Waals surface area contributed by atoms with Gasteiger partial charge in [0, 0.05) is 6.61 Å². The monoisotopic (exact) mass is 668 g/mol. The molecule has 0 aliphatic heterocycles. The SMILES string of the molecule is CCCCCCC(CCCCCCCCCNCCCCCCCCCC(CCCO)(CCCCCC)C(=O)O)C(=O)OCCCC. The number of ether oxygens (including phenoxy) is 1. The van der Waals surface area contributed by atoms with Gasteiger partial charge in [0.2, 0.25) is 0 Å². The van der Waals surface area contributed by atoms with E-state index in [-0.39, 0.29) is 18.5 Å². The number of nitrogens with one attached hydrogen (secondary N) is 1. The first-order valence-electron chi connectivity index (χ1n) is 20.7. The second-order valence-electron chi connectivity index (χ2n) is 14.5. The first-order chi connectivity index (χ1) is 23.0. The van der Waals surface area contributed by atoms with Crippen LogP contribution in [0, 0.1) is 11.3 Å². The Balaban J connectivity index is 3.78. The summed E-state index contributed by atoms with van der Waals surface area (Å²) < 4.78 is 5.56. The van der Waals surface area contributed by atoms with Crippen LogP contribution in [0.4, 0.5) is 0 Å². The second-order valence-corrected chi connectivity index (χ2v) is 14.5. The molecule has 0 aliphatic rings. The molecule has 6 nitrogen and oxygen atoms in total. The third-order valence-corrected chi connectivity index (χ3v) is 10.2. The molecule has 3 N–H and O–H groups in total. The third-order valence-electron chi connectivity index (χ3n) is 10.2. The van der Waals surface area contributed by atoms with Gasteiger partial charge in [-0.3, -0.25) is 9.59 Å². The van der Waals surface area contributed by atoms with E-state index < -0.39 is 11.4 Å². The lowest BCUT2D eigenvalue weighted by atomic mass is 9.74. The number of carboxylic acids is 1. The number of aliphatic hydroxyl groups is 1. The van der Waals surface area contributed by atoms with E-state index in [0.29, 0.717) is 19.4 Å². The average Bonchev–Trinajstić information content (AvgIpc) is 3.07. The van der Waals surface area contributed by atoms with Crippen LogP contribution in [-0.4, -0.2) is 48.5 Å². The smallest absolute Gasteiger partial charge is 0.309 e. The molecular formula is C41H81NO5. The Labute approximate surface area is 292 Å². The molecule has 2 unspecified atom stereocenters. The fourth-order valence-electron chi connectivity index (χ4n) is 6.88. The van der Waals surface area contributed by atoms with Crippen LogP contribution in [0.15, 0.2) is 0 Å². The molecule has 0 aromatic carbocycles. The summed E-state index contributed by atoms with van der Waals surface area (Å²) in [6.07, 6.45) is 33.3. The van der Waals surface area contributed by atoms with Crippen molar-refractivity contribution >= 4 is 11.9 Å². The highest BCUT2D eigenvalue weighted by molar-refractivity contribution is 5.74. The summed E-state index contributed by atoms with van der Waals surface area (Å²) in [5.74, 6) is -0.488. The molecule has 0 rings (SSSR count). The summed E-state index contributed by atoms with van der Waals surface area (Å²) in [5.41, 5.74) is -0.634. The number of carbonyl (C=O) groups is 2. The number of rotatable bonds is 38. The topological polar surface area (TPSA) is 95.9 Å². The number of aliphatic carboxylic acids is 1. The molecule has 0 spiro atoms. The molecule has 280 valence electrons. The Morgan fingerprint density at radius 1 is 0.553 bits per heavy atom. The molecule has 0 saturated heterocycles. The molecule has 6 heteroatoms. The summed E-state index contributed by atoms with van der Waals surface area (Å²) in [6, 6.07) is 0. The Hall–Kier alpha value is -1.14. The van der Waals surface area contributed by atoms with E-state index in [1.54, 1.807) is 0 Å². The van der Waals surface area contributed by atoms with Crippen molar-refractivity contribution in [3.8, 4) is 0 Å². The maximum absolute atomic E-state index is 12.6. The van der Waals surface area contributed by atoms with Crippen molar-refractivity contribution in [1.29, 1.82) is 0 Å². The van der Waals surface area contributed by atoms with Crippen LogP contribution in [-0.2, 0) is 14.3 Å². The fourth-order valence-corrected chi connectivity index (χ4v) is 6.88. The van der Waals surface area contributed by atoms with E-state index in [9.17, 15) is 19.8 Å². The van der Waals surface area contributed by atoms with Gasteiger partial charge in [-0.25, -0.2) is 0 Å². The highest BCUT2D eigenvalue weighted by Crippen LogP contribution is 2.37. The van der Waals surface area contributed by atoms with Gasteiger partial charge in [-0.2, -0.15) is 0 Å². The molecule has 0 saturated carbocycles. The van der Waals surface area contributed by atoms with Crippen molar-refractivity contribution in [2.45, 2.75) is 213 Å². The van der Waals surface area contributed by atoms with Crippen molar-refractivity contribution < 1.29 is 24.5 Å². The maximum atomic E-state index is 12.6. The minimum atomic E-state index is -0.652. The second kappa shape index (κ2) is 34.7. The van der Waals surface area contributed by atoms with Gasteiger partial charge in [0.15, 0.2) is 0 Å². The van der Waals surface area contributed by atoms with E-state index in [1.165, 1.54) is 96.3 Å². The summed E-state index contributed by atoms with van der Waals surface area (Å²) in [5, 5.41) is 23.0. The molecule has 0 aliphatic carbocycles. The number of aliphatic hydroxyl groups excluding tert-OH is 1. The Morgan fingerprint density at radius 2 is 0.957 bits per heavy atom. The number of esters is 1. The van der Waals surface area contributed by atoms with Crippen LogP contribution in [0.25, 0.3) is 0 Å². The number of hydrogen-bond acceptors (Lipinski definition) is 5. The van der Waals surface area contributed by atoms with E-state index in [1.807, 2.05) is 0 Å². The fraction of sp³-hybridized carbons (Fsp3) is 0.951. The number of carbonyl (C=O) groups excluding carboxylic acids is 1. The normalized spacial score (nSPS) is 13.4. The molecule has 0 amide bonds. The van der Waals surface area contributed by atoms with Gasteiger partial charge in [-0.1, -0.05) is 156 Å². The predicted octanol–water partition coefficient (Wildman–Crippen LogP) is 11.6. The first-order valence-corrected chi connectivity index (χ1v) is 20.7. The summed E-state index contributed by atoms with van der Waals surface area (Å²) in [4.78, 5) is 24.8. The zero-order valence-corrected chi connectivity index (χ0v) is 31.7. The van der Waals surface area contributed by atoms with Crippen LogP contribution >= 0.6 is 0 Å². The summed E-state index contributed by atoms with van der Waals surface area (Å²) >= 11 is 0. The molecule has 47 heavy (non-hydrogen) atoms. The van der Waals surface area contributed by atoms with Crippen molar-refractivity contribution in [1.82, 2.24) is 5.32 Å². The van der Waals surface area contributed by atoms with Crippen molar-refractivity contribution in [2.75, 3.05) is 26.3 Å². The molecule has 0 bridgehead atoms. The van der Waals surface area contributed by atoms with Crippen molar-refractivity contribution in [3.63, 3.8) is 0 Å². The molecule has 0 heterocycles. The Morgan fingerprint density at radius 3 is 1.43 bits per heavy atom. The molecule has 0 radical (unpaired) electrons. The van der Waals surface area contributed by atoms with Gasteiger partial charge in [0.05, 0.1) is 17.9 Å². The highest BCUT2D eigenvalue weighted by Gasteiger charge is 2.36. The summed E-state index contributed by atoms with van der Waals surface area (Å²) in [6.45, 7) is 9.46. The van der Waals surface area contributed by atoms with E-state index >= 15 is 0 Å². The summed E-state index contributed by atoms with van der Waals surface area (Å²) in [7, 11) is 0. The van der Waals surface area contributed by atoms with E-state index in [4.69, 9.17) is 4.74 Å². The van der Waals surface area contributed by atoms with E-state index in [2.05, 4.69) is 26.1 Å². The molecule has 0 fully saturated rings. The van der Waals surface area contributed by atoms with Gasteiger partial charge in [-0.15, -0.1) is 0 Å². The zero-order valence-electron chi connectivity index (χ0n) is 31.7.